The number of aldehydes is 1. The number of halogens is 2. The minimum Gasteiger partial charge on any atom is -0.295 e. The molecule has 25 heavy (non-hydrogen) atoms. The second kappa shape index (κ2) is 5.00. The highest BCUT2D eigenvalue weighted by atomic mass is 19.1. The summed E-state index contributed by atoms with van der Waals surface area (Å²) in [6, 6.07) is 5.24. The van der Waals surface area contributed by atoms with Crippen LogP contribution in [-0.2, 0) is 15.0 Å². The highest BCUT2D eigenvalue weighted by Crippen LogP contribution is 2.67. The maximum atomic E-state index is 14.1. The first-order valence-corrected chi connectivity index (χ1v) is 8.16. The van der Waals surface area contributed by atoms with Gasteiger partial charge in [0.15, 0.2) is 6.29 Å². The number of Topliss-reactive ketones (excluding diaryl/α,β-unsaturated/α-hetero) is 1. The zero-order chi connectivity index (χ0) is 18.0. The fraction of sp³-hybridized carbons (Fsp3) is 0.368. The van der Waals surface area contributed by atoms with Crippen LogP contribution >= 0.6 is 0 Å². The summed E-state index contributed by atoms with van der Waals surface area (Å²) in [5.41, 5.74) is -0.367. The van der Waals surface area contributed by atoms with Crippen molar-refractivity contribution in [3.63, 3.8) is 0 Å². The second-order valence-electron chi connectivity index (χ2n) is 7.33. The molecule has 0 saturated heterocycles. The number of nitrogens with zero attached hydrogens (tertiary/aromatic N) is 2. The summed E-state index contributed by atoms with van der Waals surface area (Å²) in [5.74, 6) is -1.93. The lowest BCUT2D eigenvalue weighted by Crippen LogP contribution is -2.44. The molecule has 0 unspecified atom stereocenters. The zero-order valence-corrected chi connectivity index (χ0v) is 13.8. The van der Waals surface area contributed by atoms with Crippen LogP contribution in [-0.4, -0.2) is 22.3 Å². The Morgan fingerprint density at radius 1 is 1.24 bits per heavy atom. The molecule has 1 heterocycles. The lowest BCUT2D eigenvalue weighted by Gasteiger charge is -2.34. The van der Waals surface area contributed by atoms with Gasteiger partial charge in [0, 0.05) is 0 Å². The Kier molecular flexibility index (Phi) is 3.20. The van der Waals surface area contributed by atoms with E-state index in [0.29, 0.717) is 18.4 Å². The molecule has 2 aliphatic rings. The average molecular weight is 342 g/mol. The van der Waals surface area contributed by atoms with Crippen LogP contribution in [0.1, 0.15) is 43.9 Å². The fourth-order valence-electron chi connectivity index (χ4n) is 4.84. The third-order valence-electron chi connectivity index (χ3n) is 6.13. The zero-order valence-electron chi connectivity index (χ0n) is 13.8. The Balaban J connectivity index is 1.94. The molecule has 1 saturated carbocycles. The van der Waals surface area contributed by atoms with Gasteiger partial charge in [-0.2, -0.15) is 5.10 Å². The molecule has 2 bridgehead atoms. The van der Waals surface area contributed by atoms with Gasteiger partial charge in [0.05, 0.1) is 22.4 Å². The third-order valence-corrected chi connectivity index (χ3v) is 6.13. The molecular weight excluding hydrogens is 326 g/mol. The van der Waals surface area contributed by atoms with Gasteiger partial charge in [-0.05, 0) is 47.9 Å². The Bertz CT molecular complexity index is 905. The van der Waals surface area contributed by atoms with E-state index in [4.69, 9.17) is 0 Å². The molecule has 2 aliphatic carbocycles. The largest absolute Gasteiger partial charge is 0.295 e. The van der Waals surface area contributed by atoms with Crippen LogP contribution in [0.3, 0.4) is 0 Å². The predicted octanol–water partition coefficient (Wildman–Crippen LogP) is 3.34. The first-order chi connectivity index (χ1) is 11.8. The quantitative estimate of drug-likeness (QED) is 0.634. The van der Waals surface area contributed by atoms with Gasteiger partial charge in [0.25, 0.3) is 0 Å². The number of aromatic nitrogens is 2. The van der Waals surface area contributed by atoms with Gasteiger partial charge in [0.2, 0.25) is 5.78 Å². The number of ketones is 1. The van der Waals surface area contributed by atoms with Crippen molar-refractivity contribution in [3.05, 3.63) is 47.2 Å². The summed E-state index contributed by atoms with van der Waals surface area (Å²) in [7, 11) is 0. The summed E-state index contributed by atoms with van der Waals surface area (Å²) in [6.45, 7) is 3.88. The Hall–Kier alpha value is -2.50. The smallest absolute Gasteiger partial charge is 0.207 e. The van der Waals surface area contributed by atoms with Gasteiger partial charge in [-0.3, -0.25) is 9.59 Å². The molecule has 4 nitrogen and oxygen atoms in total. The Labute approximate surface area is 143 Å². The molecule has 2 aromatic rings. The number of fused-ring (bicyclic) bond motifs is 5. The van der Waals surface area contributed by atoms with Crippen molar-refractivity contribution < 1.29 is 18.4 Å². The van der Waals surface area contributed by atoms with E-state index >= 15 is 0 Å². The SMILES string of the molecule is CC1(C)[C@H]2CC[C@]1(C(=O)C=O)c1nnc(-c3c(F)cccc3F)cc12. The highest BCUT2D eigenvalue weighted by Gasteiger charge is 2.66. The van der Waals surface area contributed by atoms with E-state index in [2.05, 4.69) is 10.2 Å². The molecule has 6 heteroatoms. The monoisotopic (exact) mass is 342 g/mol. The highest BCUT2D eigenvalue weighted by molar-refractivity contribution is 6.30. The molecule has 1 fully saturated rings. The molecule has 0 spiro atoms. The normalized spacial score (nSPS) is 25.7. The van der Waals surface area contributed by atoms with Crippen LogP contribution in [0.15, 0.2) is 24.3 Å². The van der Waals surface area contributed by atoms with Crippen LogP contribution in [0.2, 0.25) is 0 Å². The Morgan fingerprint density at radius 2 is 1.92 bits per heavy atom. The van der Waals surface area contributed by atoms with Crippen molar-refractivity contribution in [1.29, 1.82) is 0 Å². The van der Waals surface area contributed by atoms with E-state index in [-0.39, 0.29) is 17.2 Å². The summed E-state index contributed by atoms with van der Waals surface area (Å²) >= 11 is 0. The number of hydrogen-bond acceptors (Lipinski definition) is 4. The van der Waals surface area contributed by atoms with E-state index in [1.807, 2.05) is 13.8 Å². The van der Waals surface area contributed by atoms with Crippen LogP contribution in [0.4, 0.5) is 8.78 Å². The number of carbonyl (C=O) groups excluding carboxylic acids is 2. The number of benzene rings is 1. The van der Waals surface area contributed by atoms with Crippen LogP contribution in [0.25, 0.3) is 11.3 Å². The molecule has 128 valence electrons. The van der Waals surface area contributed by atoms with Gasteiger partial charge in [-0.1, -0.05) is 19.9 Å². The van der Waals surface area contributed by atoms with Crippen LogP contribution in [0, 0.1) is 17.0 Å². The molecule has 0 radical (unpaired) electrons. The van der Waals surface area contributed by atoms with Crippen molar-refractivity contribution in [2.75, 3.05) is 0 Å². The summed E-state index contributed by atoms with van der Waals surface area (Å²) < 4.78 is 28.2. The number of hydrogen-bond donors (Lipinski definition) is 0. The first-order valence-electron chi connectivity index (χ1n) is 8.16. The van der Waals surface area contributed by atoms with Gasteiger partial charge in [-0.25, -0.2) is 8.78 Å². The third kappa shape index (κ3) is 1.79. The minimum atomic E-state index is -0.992. The molecule has 4 rings (SSSR count). The van der Waals surface area contributed by atoms with Crippen LogP contribution < -0.4 is 0 Å². The molecule has 2 atom stereocenters. The lowest BCUT2D eigenvalue weighted by molar-refractivity contribution is -0.136. The van der Waals surface area contributed by atoms with E-state index in [9.17, 15) is 18.4 Å². The molecule has 0 N–H and O–H groups in total. The first kappa shape index (κ1) is 16.0. The van der Waals surface area contributed by atoms with E-state index in [1.165, 1.54) is 18.2 Å². The van der Waals surface area contributed by atoms with Crippen molar-refractivity contribution in [3.8, 4) is 11.3 Å². The van der Waals surface area contributed by atoms with Crippen molar-refractivity contribution in [2.45, 2.75) is 38.0 Å². The second-order valence-corrected chi connectivity index (χ2v) is 7.33. The topological polar surface area (TPSA) is 59.9 Å². The van der Waals surface area contributed by atoms with Crippen molar-refractivity contribution >= 4 is 12.1 Å². The summed E-state index contributed by atoms with van der Waals surface area (Å²) in [4.78, 5) is 23.7. The standard InChI is InChI=1S/C19H16F2N2O2/c1-18(2)11-6-7-19(18,15(25)9-24)17-10(11)8-14(22-23-17)16-12(20)4-3-5-13(16)21/h3-5,8-9,11H,6-7H2,1-2H3/t11-,19-/m0/s1. The molecule has 1 aromatic heterocycles. The minimum absolute atomic E-state index is 0.00418. The predicted molar refractivity (Wildman–Crippen MR) is 85.9 cm³/mol. The Morgan fingerprint density at radius 3 is 2.56 bits per heavy atom. The van der Waals surface area contributed by atoms with Gasteiger partial charge < -0.3 is 0 Å². The molecular formula is C19H16F2N2O2. The lowest BCUT2D eigenvalue weighted by atomic mass is 9.66. The molecule has 0 amide bonds. The van der Waals surface area contributed by atoms with Crippen LogP contribution in [0.5, 0.6) is 0 Å². The van der Waals surface area contributed by atoms with Crippen molar-refractivity contribution in [1.82, 2.24) is 10.2 Å². The average Bonchev–Trinajstić information content (AvgIpc) is 2.96. The maximum absolute atomic E-state index is 14.1. The van der Waals surface area contributed by atoms with Gasteiger partial charge >= 0.3 is 0 Å². The van der Waals surface area contributed by atoms with E-state index in [0.717, 1.165) is 12.0 Å². The number of rotatable bonds is 3. The molecule has 1 aromatic carbocycles. The van der Waals surface area contributed by atoms with Gasteiger partial charge in [-0.15, -0.1) is 5.10 Å². The summed E-state index contributed by atoms with van der Waals surface area (Å²) in [5, 5.41) is 8.16. The van der Waals surface area contributed by atoms with Crippen molar-refractivity contribution in [2.24, 2.45) is 5.41 Å². The summed E-state index contributed by atoms with van der Waals surface area (Å²) in [6.07, 6.45) is 1.62. The maximum Gasteiger partial charge on any atom is 0.207 e. The van der Waals surface area contributed by atoms with E-state index in [1.54, 1.807) is 6.07 Å². The van der Waals surface area contributed by atoms with E-state index < -0.39 is 28.2 Å². The number of carbonyl (C=O) groups is 2. The fourth-order valence-corrected chi connectivity index (χ4v) is 4.84. The molecule has 0 aliphatic heterocycles. The van der Waals surface area contributed by atoms with Gasteiger partial charge in [0.1, 0.15) is 11.6 Å².